The molecule has 2 aliphatic heterocycles. The summed E-state index contributed by atoms with van der Waals surface area (Å²) in [6, 6.07) is 10.6. The molecule has 1 aromatic heterocycles. The van der Waals surface area contributed by atoms with E-state index < -0.39 is 0 Å². The van der Waals surface area contributed by atoms with Gasteiger partial charge in [0.25, 0.3) is 5.91 Å². The molecule has 1 amide bonds. The number of piperidine rings is 1. The van der Waals surface area contributed by atoms with E-state index in [2.05, 4.69) is 34.6 Å². The highest BCUT2D eigenvalue weighted by Gasteiger charge is 2.28. The average molecular weight is 399 g/mol. The Morgan fingerprint density at radius 2 is 1.83 bits per heavy atom. The van der Waals surface area contributed by atoms with Gasteiger partial charge in [0.1, 0.15) is 5.82 Å². The third-order valence-corrected chi connectivity index (χ3v) is 7.08. The molecule has 3 heterocycles. The molecule has 1 aliphatic carbocycles. The number of rotatable bonds is 2. The highest BCUT2D eigenvalue weighted by molar-refractivity contribution is 6.09. The molecule has 3 aromatic rings. The minimum absolute atomic E-state index is 0.168. The lowest BCUT2D eigenvalue weighted by molar-refractivity contribution is 0.0713. The van der Waals surface area contributed by atoms with Gasteiger partial charge in [-0.25, -0.2) is 9.97 Å². The van der Waals surface area contributed by atoms with Crippen molar-refractivity contribution in [1.29, 1.82) is 0 Å². The van der Waals surface area contributed by atoms with E-state index in [1.807, 2.05) is 17.2 Å². The summed E-state index contributed by atoms with van der Waals surface area (Å²) in [6.07, 6.45) is 7.02. The van der Waals surface area contributed by atoms with Crippen molar-refractivity contribution in [2.24, 2.45) is 0 Å². The molecule has 0 bridgehead atoms. The monoisotopic (exact) mass is 398 g/mol. The second-order valence-electron chi connectivity index (χ2n) is 8.81. The summed E-state index contributed by atoms with van der Waals surface area (Å²) in [7, 11) is 0. The van der Waals surface area contributed by atoms with Crippen LogP contribution in [-0.2, 0) is 25.8 Å². The smallest absolute Gasteiger partial charge is 0.254 e. The van der Waals surface area contributed by atoms with Gasteiger partial charge in [-0.05, 0) is 53.6 Å². The Kier molecular flexibility index (Phi) is 4.30. The Morgan fingerprint density at radius 1 is 1.00 bits per heavy atom. The number of nitrogens with zero attached hydrogens (tertiary/aromatic N) is 3. The molecule has 1 saturated heterocycles. The van der Waals surface area contributed by atoms with Crippen LogP contribution in [0.15, 0.2) is 36.5 Å². The van der Waals surface area contributed by atoms with E-state index in [4.69, 9.17) is 4.98 Å². The summed E-state index contributed by atoms with van der Waals surface area (Å²) in [6.45, 7) is 3.41. The molecule has 0 saturated carbocycles. The van der Waals surface area contributed by atoms with E-state index in [0.717, 1.165) is 75.1 Å². The van der Waals surface area contributed by atoms with Gasteiger partial charge < -0.3 is 10.2 Å². The van der Waals surface area contributed by atoms with Crippen LogP contribution in [0.5, 0.6) is 0 Å². The fourth-order valence-corrected chi connectivity index (χ4v) is 5.39. The Hall–Kier alpha value is -2.79. The van der Waals surface area contributed by atoms with Crippen LogP contribution in [0.4, 0.5) is 0 Å². The van der Waals surface area contributed by atoms with E-state index >= 15 is 0 Å². The zero-order valence-corrected chi connectivity index (χ0v) is 17.2. The third-order valence-electron chi connectivity index (χ3n) is 7.08. The minimum Gasteiger partial charge on any atom is -0.339 e. The maximum Gasteiger partial charge on any atom is 0.254 e. The normalized spacial score (nSPS) is 18.6. The predicted octanol–water partition coefficient (Wildman–Crippen LogP) is 3.39. The van der Waals surface area contributed by atoms with Crippen LogP contribution in [0.2, 0.25) is 0 Å². The molecule has 5 nitrogen and oxygen atoms in total. The lowest BCUT2D eigenvalue weighted by atomic mass is 9.94. The van der Waals surface area contributed by atoms with Gasteiger partial charge in [-0.1, -0.05) is 24.3 Å². The number of nitrogens with one attached hydrogen (secondary N) is 1. The van der Waals surface area contributed by atoms with E-state index in [1.165, 1.54) is 27.8 Å². The molecule has 0 unspecified atom stereocenters. The molecule has 3 aliphatic rings. The Balaban J connectivity index is 1.21. The van der Waals surface area contributed by atoms with Crippen molar-refractivity contribution in [2.45, 2.75) is 44.6 Å². The molecule has 5 heteroatoms. The van der Waals surface area contributed by atoms with Gasteiger partial charge in [0.15, 0.2) is 0 Å². The van der Waals surface area contributed by atoms with Crippen molar-refractivity contribution >= 4 is 16.7 Å². The lowest BCUT2D eigenvalue weighted by Gasteiger charge is -2.32. The van der Waals surface area contributed by atoms with Crippen molar-refractivity contribution in [3.63, 3.8) is 0 Å². The molecule has 1 N–H and O–H groups in total. The molecular formula is C25H26N4O. The van der Waals surface area contributed by atoms with Crippen LogP contribution in [0.1, 0.15) is 57.3 Å². The fraction of sp³-hybridized carbons (Fsp3) is 0.400. The summed E-state index contributed by atoms with van der Waals surface area (Å²) < 4.78 is 0. The van der Waals surface area contributed by atoms with Gasteiger partial charge >= 0.3 is 0 Å². The molecule has 0 atom stereocenters. The highest BCUT2D eigenvalue weighted by atomic mass is 16.2. The first-order valence-electron chi connectivity index (χ1n) is 11.2. The second kappa shape index (κ2) is 7.17. The first-order valence-corrected chi connectivity index (χ1v) is 11.2. The molecule has 6 rings (SSSR count). The summed E-state index contributed by atoms with van der Waals surface area (Å²) >= 11 is 0. The Bertz CT molecular complexity index is 1140. The van der Waals surface area contributed by atoms with E-state index in [0.29, 0.717) is 5.92 Å². The van der Waals surface area contributed by atoms with Crippen LogP contribution in [0.3, 0.4) is 0 Å². The van der Waals surface area contributed by atoms with Gasteiger partial charge in [0.05, 0.1) is 0 Å². The number of carbonyl (C=O) groups excluding carboxylic acids is 1. The quantitative estimate of drug-likeness (QED) is 0.719. The van der Waals surface area contributed by atoms with Crippen molar-refractivity contribution in [3.05, 3.63) is 70.3 Å². The maximum absolute atomic E-state index is 13.4. The molecule has 2 aromatic carbocycles. The van der Waals surface area contributed by atoms with Gasteiger partial charge in [0.2, 0.25) is 0 Å². The van der Waals surface area contributed by atoms with E-state index in [-0.39, 0.29) is 5.91 Å². The van der Waals surface area contributed by atoms with Crippen molar-refractivity contribution in [1.82, 2.24) is 20.2 Å². The Labute approximate surface area is 176 Å². The van der Waals surface area contributed by atoms with Gasteiger partial charge in [-0.3, -0.25) is 4.79 Å². The van der Waals surface area contributed by atoms with Crippen LogP contribution in [-0.4, -0.2) is 40.4 Å². The molecule has 0 spiro atoms. The van der Waals surface area contributed by atoms with Crippen LogP contribution in [0, 0.1) is 0 Å². The lowest BCUT2D eigenvalue weighted by Crippen LogP contribution is -2.38. The minimum atomic E-state index is 0.168. The van der Waals surface area contributed by atoms with Gasteiger partial charge in [-0.2, -0.15) is 0 Å². The second-order valence-corrected chi connectivity index (χ2v) is 8.81. The SMILES string of the molecule is O=C(c1ccc2c3c(cccc13)CC2)N1CCC(c2ncc3c(n2)CCNC3)CC1. The average Bonchev–Trinajstić information content (AvgIpc) is 3.24. The summed E-state index contributed by atoms with van der Waals surface area (Å²) in [4.78, 5) is 24.9. The number of amides is 1. The first kappa shape index (κ1) is 18.0. The van der Waals surface area contributed by atoms with Crippen molar-refractivity contribution in [3.8, 4) is 0 Å². The molecule has 1 fully saturated rings. The van der Waals surface area contributed by atoms with Crippen molar-refractivity contribution in [2.75, 3.05) is 19.6 Å². The zero-order chi connectivity index (χ0) is 20.1. The maximum atomic E-state index is 13.4. The number of benzene rings is 2. The Morgan fingerprint density at radius 3 is 2.70 bits per heavy atom. The molecule has 30 heavy (non-hydrogen) atoms. The van der Waals surface area contributed by atoms with Gasteiger partial charge in [-0.15, -0.1) is 0 Å². The zero-order valence-electron chi connectivity index (χ0n) is 17.2. The third kappa shape index (κ3) is 2.91. The van der Waals surface area contributed by atoms with E-state index in [9.17, 15) is 4.79 Å². The number of hydrogen-bond donors (Lipinski definition) is 1. The molecular weight excluding hydrogens is 372 g/mol. The van der Waals surface area contributed by atoms with Crippen LogP contribution >= 0.6 is 0 Å². The topological polar surface area (TPSA) is 58.1 Å². The predicted molar refractivity (Wildman–Crippen MR) is 117 cm³/mol. The van der Waals surface area contributed by atoms with Gasteiger partial charge in [0, 0.05) is 61.5 Å². The van der Waals surface area contributed by atoms with Crippen LogP contribution < -0.4 is 5.32 Å². The van der Waals surface area contributed by atoms with Crippen LogP contribution in [0.25, 0.3) is 10.8 Å². The fourth-order valence-electron chi connectivity index (χ4n) is 5.39. The number of likely N-dealkylation sites (tertiary alicyclic amines) is 1. The summed E-state index contributed by atoms with van der Waals surface area (Å²) in [5, 5.41) is 5.81. The van der Waals surface area contributed by atoms with E-state index in [1.54, 1.807) is 0 Å². The molecule has 0 radical (unpaired) electrons. The molecule has 152 valence electrons. The number of carbonyl (C=O) groups is 1. The number of aryl methyl sites for hydroxylation is 2. The first-order chi connectivity index (χ1) is 14.8. The summed E-state index contributed by atoms with van der Waals surface area (Å²) in [5.74, 6) is 1.48. The number of aromatic nitrogens is 2. The summed E-state index contributed by atoms with van der Waals surface area (Å²) in [5.41, 5.74) is 6.05. The standard InChI is InChI=1S/C25H26N4O/c30-25(21-7-6-17-5-4-16-2-1-3-20(21)23(16)17)29-12-9-18(10-13-29)24-27-15-19-14-26-11-8-22(19)28-24/h1-3,6-7,15,18,26H,4-5,8-14H2. The highest BCUT2D eigenvalue weighted by Crippen LogP contribution is 2.34. The number of fused-ring (bicyclic) bond motifs is 1. The largest absolute Gasteiger partial charge is 0.339 e. The van der Waals surface area contributed by atoms with Crippen molar-refractivity contribution < 1.29 is 4.79 Å². The number of hydrogen-bond acceptors (Lipinski definition) is 4.